The van der Waals surface area contributed by atoms with Gasteiger partial charge in [0.2, 0.25) is 5.91 Å². The first-order valence-corrected chi connectivity index (χ1v) is 11.8. The minimum atomic E-state index is 0.0138. The van der Waals surface area contributed by atoms with E-state index in [0.717, 1.165) is 42.3 Å². The molecule has 0 aromatic carbocycles. The second kappa shape index (κ2) is 8.49. The van der Waals surface area contributed by atoms with Crippen molar-refractivity contribution >= 4 is 39.7 Å². The van der Waals surface area contributed by atoms with E-state index < -0.39 is 0 Å². The van der Waals surface area contributed by atoms with Crippen molar-refractivity contribution in [3.63, 3.8) is 0 Å². The number of H-pyrrole nitrogens is 1. The monoisotopic (exact) mass is 419 g/mol. The van der Waals surface area contributed by atoms with Crippen LogP contribution < -0.4 is 10.9 Å². The highest BCUT2D eigenvalue weighted by molar-refractivity contribution is 7.71. The van der Waals surface area contributed by atoms with E-state index in [4.69, 9.17) is 12.2 Å². The Kier molecular flexibility index (Phi) is 6.01. The molecule has 0 aliphatic heterocycles. The van der Waals surface area contributed by atoms with Crippen molar-refractivity contribution in [1.29, 1.82) is 0 Å². The molecule has 2 aliphatic carbocycles. The van der Waals surface area contributed by atoms with E-state index in [1.807, 2.05) is 11.4 Å². The smallest absolute Gasteiger partial charge is 0.272 e. The molecule has 1 amide bonds. The van der Waals surface area contributed by atoms with E-state index in [9.17, 15) is 9.59 Å². The molecule has 2 N–H and O–H groups in total. The molecule has 2 aliphatic rings. The number of fused-ring (bicyclic) bond motifs is 1. The highest BCUT2D eigenvalue weighted by Crippen LogP contribution is 2.31. The molecule has 4 rings (SSSR count). The van der Waals surface area contributed by atoms with Crippen LogP contribution in [0.2, 0.25) is 0 Å². The summed E-state index contributed by atoms with van der Waals surface area (Å²) in [5.41, 5.74) is 0.841. The zero-order valence-corrected chi connectivity index (χ0v) is 18.0. The minimum Gasteiger partial charge on any atom is -0.353 e. The van der Waals surface area contributed by atoms with Gasteiger partial charge in [0.25, 0.3) is 5.56 Å². The van der Waals surface area contributed by atoms with Gasteiger partial charge in [-0.15, -0.1) is 11.3 Å². The highest BCUT2D eigenvalue weighted by Gasteiger charge is 2.30. The van der Waals surface area contributed by atoms with Crippen LogP contribution in [0, 0.1) is 22.5 Å². The van der Waals surface area contributed by atoms with Gasteiger partial charge in [0.1, 0.15) is 4.70 Å². The molecule has 2 fully saturated rings. The average molecular weight is 420 g/mol. The van der Waals surface area contributed by atoms with Crippen LogP contribution in [0.1, 0.15) is 58.3 Å². The van der Waals surface area contributed by atoms with Gasteiger partial charge in [0.15, 0.2) is 4.77 Å². The lowest BCUT2D eigenvalue weighted by Gasteiger charge is -2.33. The molecule has 0 unspecified atom stereocenters. The van der Waals surface area contributed by atoms with Gasteiger partial charge in [-0.2, -0.15) is 0 Å². The Morgan fingerprint density at radius 3 is 2.75 bits per heavy atom. The van der Waals surface area contributed by atoms with Crippen molar-refractivity contribution < 1.29 is 4.79 Å². The molecule has 0 saturated heterocycles. The fraction of sp³-hybridized carbons (Fsp3) is 0.667. The SMILES string of the molecule is C[C@@H]1CCCC[C@H]1NC(=O)C1CCC(Cn2c(=S)[nH]c3ccsc3c2=O)CC1. The maximum absolute atomic E-state index is 12.7. The number of hydrogen-bond donors (Lipinski definition) is 2. The van der Waals surface area contributed by atoms with Crippen LogP contribution in [0.15, 0.2) is 16.2 Å². The lowest BCUT2D eigenvalue weighted by molar-refractivity contribution is -0.127. The lowest BCUT2D eigenvalue weighted by Crippen LogP contribution is -2.44. The standard InChI is InChI=1S/C21H29N3O2S2/c1-13-4-2-3-5-16(13)22-19(25)15-8-6-14(7-9-15)12-24-20(26)18-17(10-11-28-18)23-21(24)27/h10-11,13-16H,2-9,12H2,1H3,(H,22,25)(H,23,27)/t13-,14?,15?,16-/m1/s1. The number of hydrogen-bond acceptors (Lipinski definition) is 4. The first kappa shape index (κ1) is 19.8. The molecule has 2 aromatic rings. The molecule has 0 spiro atoms. The highest BCUT2D eigenvalue weighted by atomic mass is 32.1. The molecular weight excluding hydrogens is 390 g/mol. The first-order chi connectivity index (χ1) is 13.5. The number of rotatable bonds is 4. The number of aromatic nitrogens is 2. The molecular formula is C21H29N3O2S2. The molecule has 5 nitrogen and oxygen atoms in total. The van der Waals surface area contributed by atoms with Crippen molar-refractivity contribution in [2.75, 3.05) is 0 Å². The molecule has 2 atom stereocenters. The van der Waals surface area contributed by atoms with Crippen molar-refractivity contribution in [2.45, 2.75) is 70.9 Å². The van der Waals surface area contributed by atoms with Gasteiger partial charge in [-0.25, -0.2) is 0 Å². The summed E-state index contributed by atoms with van der Waals surface area (Å²) in [6.07, 6.45) is 8.62. The van der Waals surface area contributed by atoms with Crippen molar-refractivity contribution in [3.8, 4) is 0 Å². The van der Waals surface area contributed by atoms with Gasteiger partial charge in [-0.1, -0.05) is 19.8 Å². The summed E-state index contributed by atoms with van der Waals surface area (Å²) in [5, 5.41) is 5.24. The van der Waals surface area contributed by atoms with E-state index in [2.05, 4.69) is 17.2 Å². The Bertz CT molecular complexity index is 952. The predicted molar refractivity (Wildman–Crippen MR) is 116 cm³/mol. The summed E-state index contributed by atoms with van der Waals surface area (Å²) < 4.78 is 2.95. The third-order valence-corrected chi connectivity index (χ3v) is 7.91. The van der Waals surface area contributed by atoms with Crippen LogP contribution in [0.5, 0.6) is 0 Å². The van der Waals surface area contributed by atoms with Crippen LogP contribution in [-0.4, -0.2) is 21.5 Å². The number of aromatic amines is 1. The molecule has 28 heavy (non-hydrogen) atoms. The number of nitrogens with zero attached hydrogens (tertiary/aromatic N) is 1. The first-order valence-electron chi connectivity index (χ1n) is 10.5. The summed E-state index contributed by atoms with van der Waals surface area (Å²) in [6, 6.07) is 2.26. The van der Waals surface area contributed by atoms with E-state index in [0.29, 0.717) is 29.2 Å². The fourth-order valence-electron chi connectivity index (χ4n) is 4.83. The summed E-state index contributed by atoms with van der Waals surface area (Å²) in [5.74, 6) is 1.36. The average Bonchev–Trinajstić information content (AvgIpc) is 3.16. The topological polar surface area (TPSA) is 66.9 Å². The molecule has 7 heteroatoms. The quantitative estimate of drug-likeness (QED) is 0.711. The molecule has 2 saturated carbocycles. The van der Waals surface area contributed by atoms with Crippen LogP contribution in [0.3, 0.4) is 0 Å². The summed E-state index contributed by atoms with van der Waals surface area (Å²) in [4.78, 5) is 28.6. The van der Waals surface area contributed by atoms with Crippen LogP contribution in [0.25, 0.3) is 10.2 Å². The van der Waals surface area contributed by atoms with Gasteiger partial charge in [-0.05, 0) is 74.0 Å². The van der Waals surface area contributed by atoms with Gasteiger partial charge >= 0.3 is 0 Å². The summed E-state index contributed by atoms with van der Waals surface area (Å²) in [7, 11) is 0. The molecule has 152 valence electrons. The van der Waals surface area contributed by atoms with Crippen LogP contribution >= 0.6 is 23.6 Å². The largest absolute Gasteiger partial charge is 0.353 e. The number of amides is 1. The summed E-state index contributed by atoms with van der Waals surface area (Å²) in [6.45, 7) is 2.91. The van der Waals surface area contributed by atoms with Crippen molar-refractivity contribution in [1.82, 2.24) is 14.9 Å². The maximum atomic E-state index is 12.7. The third-order valence-electron chi connectivity index (χ3n) is 6.69. The zero-order valence-electron chi connectivity index (χ0n) is 16.4. The van der Waals surface area contributed by atoms with E-state index >= 15 is 0 Å². The maximum Gasteiger partial charge on any atom is 0.272 e. The number of thiophene rings is 1. The predicted octanol–water partition coefficient (Wildman–Crippen LogP) is 4.62. The Morgan fingerprint density at radius 2 is 2.00 bits per heavy atom. The molecule has 0 radical (unpaired) electrons. The number of carbonyl (C=O) groups is 1. The van der Waals surface area contributed by atoms with Gasteiger partial charge < -0.3 is 10.3 Å². The normalized spacial score (nSPS) is 28.3. The Hall–Kier alpha value is -1.47. The van der Waals surface area contributed by atoms with Crippen LogP contribution in [0.4, 0.5) is 0 Å². The van der Waals surface area contributed by atoms with Gasteiger partial charge in [0.05, 0.1) is 5.52 Å². The Labute approximate surface area is 174 Å². The van der Waals surface area contributed by atoms with E-state index in [1.165, 1.54) is 30.6 Å². The van der Waals surface area contributed by atoms with Gasteiger partial charge in [-0.3, -0.25) is 14.2 Å². The van der Waals surface area contributed by atoms with Crippen LogP contribution in [-0.2, 0) is 11.3 Å². The van der Waals surface area contributed by atoms with E-state index in [1.54, 1.807) is 4.57 Å². The molecule has 2 aromatic heterocycles. The second-order valence-electron chi connectivity index (χ2n) is 8.60. The third kappa shape index (κ3) is 4.10. The minimum absolute atomic E-state index is 0.0138. The Morgan fingerprint density at radius 1 is 1.25 bits per heavy atom. The van der Waals surface area contributed by atoms with Crippen molar-refractivity contribution in [3.05, 3.63) is 26.6 Å². The zero-order chi connectivity index (χ0) is 19.7. The summed E-state index contributed by atoms with van der Waals surface area (Å²) >= 11 is 6.87. The number of carbonyl (C=O) groups excluding carboxylic acids is 1. The number of nitrogens with one attached hydrogen (secondary N) is 2. The van der Waals surface area contributed by atoms with E-state index in [-0.39, 0.29) is 17.4 Å². The van der Waals surface area contributed by atoms with Gasteiger partial charge in [0, 0.05) is 18.5 Å². The molecule has 0 bridgehead atoms. The lowest BCUT2D eigenvalue weighted by atomic mass is 9.80. The second-order valence-corrected chi connectivity index (χ2v) is 9.91. The van der Waals surface area contributed by atoms with Crippen molar-refractivity contribution in [2.24, 2.45) is 17.8 Å². The Balaban J connectivity index is 1.35. The fourth-order valence-corrected chi connectivity index (χ4v) is 5.90. The molecule has 2 heterocycles.